The molecule has 3 N–H and O–H groups in total. The molecule has 0 saturated carbocycles. The molecule has 3 saturated heterocycles. The largest absolute Gasteiger partial charge is 0.383 e. The van der Waals surface area contributed by atoms with E-state index in [9.17, 15) is 9.59 Å². The van der Waals surface area contributed by atoms with Crippen LogP contribution in [0.3, 0.4) is 0 Å². The fraction of sp³-hybridized carbons (Fsp3) is 0.457. The zero-order chi connectivity index (χ0) is 31.6. The molecule has 0 radical (unpaired) electrons. The van der Waals surface area contributed by atoms with Gasteiger partial charge in [-0.05, 0) is 74.4 Å². The SMILES string of the molecule is CN=CN=C(N)c1ccc(C2=CCN(C(=O)CN3CC[C@]4(CCN(c5ccc(C)c(C(=N)N6CCCC6)c5)C4=O)C3)CC2)cc1. The summed E-state index contributed by atoms with van der Waals surface area (Å²) in [6, 6.07) is 14.1. The first kappa shape index (κ1) is 30.7. The molecule has 1 atom stereocenters. The molecule has 1 spiro atoms. The Morgan fingerprint density at radius 2 is 1.78 bits per heavy atom. The van der Waals surface area contributed by atoms with Gasteiger partial charge in [-0.1, -0.05) is 36.4 Å². The summed E-state index contributed by atoms with van der Waals surface area (Å²) in [5, 5.41) is 8.78. The molecule has 2 aromatic carbocycles. The first-order valence-electron chi connectivity index (χ1n) is 16.1. The normalized spacial score (nSPS) is 22.7. The maximum absolute atomic E-state index is 13.9. The molecule has 10 heteroatoms. The van der Waals surface area contributed by atoms with Crippen molar-refractivity contribution in [3.8, 4) is 0 Å². The van der Waals surface area contributed by atoms with Gasteiger partial charge in [0.05, 0.1) is 12.0 Å². The maximum atomic E-state index is 13.9. The van der Waals surface area contributed by atoms with Gasteiger partial charge < -0.3 is 20.4 Å². The summed E-state index contributed by atoms with van der Waals surface area (Å²) in [4.78, 5) is 43.3. The summed E-state index contributed by atoms with van der Waals surface area (Å²) < 4.78 is 0. The third-order valence-electron chi connectivity index (χ3n) is 9.94. The van der Waals surface area contributed by atoms with Crippen molar-refractivity contribution in [2.75, 3.05) is 64.3 Å². The van der Waals surface area contributed by atoms with Crippen LogP contribution in [0.2, 0.25) is 0 Å². The summed E-state index contributed by atoms with van der Waals surface area (Å²) >= 11 is 0. The van der Waals surface area contributed by atoms with E-state index in [2.05, 4.69) is 25.9 Å². The number of aliphatic imine (C=N–C) groups is 2. The van der Waals surface area contributed by atoms with Gasteiger partial charge in [0.2, 0.25) is 11.8 Å². The molecule has 0 bridgehead atoms. The lowest BCUT2D eigenvalue weighted by molar-refractivity contribution is -0.132. The highest BCUT2D eigenvalue weighted by atomic mass is 16.2. The van der Waals surface area contributed by atoms with E-state index >= 15 is 0 Å². The average Bonchev–Trinajstić information content (AvgIpc) is 3.82. The summed E-state index contributed by atoms with van der Waals surface area (Å²) in [5.41, 5.74) is 11.6. The number of hydrogen-bond acceptors (Lipinski definition) is 5. The number of carbonyl (C=O) groups is 2. The minimum absolute atomic E-state index is 0.116. The second-order valence-corrected chi connectivity index (χ2v) is 12.8. The van der Waals surface area contributed by atoms with Crippen LogP contribution in [0.4, 0.5) is 5.69 Å². The highest BCUT2D eigenvalue weighted by Crippen LogP contribution is 2.42. The Hall–Kier alpha value is -4.31. The number of nitrogens with zero attached hydrogens (tertiary/aromatic N) is 6. The molecule has 6 rings (SSSR count). The van der Waals surface area contributed by atoms with Gasteiger partial charge >= 0.3 is 0 Å². The maximum Gasteiger partial charge on any atom is 0.237 e. The van der Waals surface area contributed by atoms with Gasteiger partial charge in [-0.15, -0.1) is 0 Å². The van der Waals surface area contributed by atoms with Crippen molar-refractivity contribution in [1.82, 2.24) is 14.7 Å². The number of rotatable bonds is 7. The Kier molecular flexibility index (Phi) is 8.85. The molecule has 0 aromatic heterocycles. The summed E-state index contributed by atoms with van der Waals surface area (Å²) in [6.45, 7) is 7.53. The molecule has 45 heavy (non-hydrogen) atoms. The van der Waals surface area contributed by atoms with Crippen molar-refractivity contribution >= 4 is 41.1 Å². The molecule has 4 aliphatic rings. The van der Waals surface area contributed by atoms with Gasteiger partial charge in [-0.3, -0.25) is 24.9 Å². The number of amidine groups is 2. The second kappa shape index (κ2) is 13.0. The van der Waals surface area contributed by atoms with Crippen LogP contribution < -0.4 is 10.6 Å². The Bertz CT molecular complexity index is 1560. The van der Waals surface area contributed by atoms with E-state index in [0.29, 0.717) is 44.4 Å². The highest BCUT2D eigenvalue weighted by molar-refractivity contribution is 6.03. The molecule has 2 amide bonds. The van der Waals surface area contributed by atoms with E-state index in [1.807, 2.05) is 59.2 Å². The molecular formula is C35H44N8O2. The van der Waals surface area contributed by atoms with E-state index in [1.54, 1.807) is 7.05 Å². The van der Waals surface area contributed by atoms with Crippen molar-refractivity contribution in [2.45, 2.75) is 39.0 Å². The third-order valence-corrected chi connectivity index (χ3v) is 9.94. The van der Waals surface area contributed by atoms with Crippen LogP contribution >= 0.6 is 0 Å². The van der Waals surface area contributed by atoms with Crippen LogP contribution in [0, 0.1) is 17.7 Å². The van der Waals surface area contributed by atoms with E-state index < -0.39 is 5.41 Å². The lowest BCUT2D eigenvalue weighted by Crippen LogP contribution is -2.43. The number of nitrogens with two attached hydrogens (primary N) is 1. The Balaban J connectivity index is 1.04. The molecule has 236 valence electrons. The average molecular weight is 609 g/mol. The summed E-state index contributed by atoms with van der Waals surface area (Å²) in [5.74, 6) is 1.26. The van der Waals surface area contributed by atoms with Crippen LogP contribution in [0.25, 0.3) is 5.57 Å². The van der Waals surface area contributed by atoms with Crippen molar-refractivity contribution in [3.63, 3.8) is 0 Å². The number of aryl methyl sites for hydroxylation is 1. The number of hydrogen-bond donors (Lipinski definition) is 2. The first-order valence-corrected chi connectivity index (χ1v) is 16.1. The van der Waals surface area contributed by atoms with Gasteiger partial charge in [-0.25, -0.2) is 4.99 Å². The van der Waals surface area contributed by atoms with E-state index in [0.717, 1.165) is 79.7 Å². The van der Waals surface area contributed by atoms with E-state index in [1.165, 1.54) is 11.9 Å². The molecule has 2 aromatic rings. The first-order chi connectivity index (χ1) is 21.8. The van der Waals surface area contributed by atoms with Gasteiger partial charge in [0.15, 0.2) is 0 Å². The van der Waals surface area contributed by atoms with E-state index in [4.69, 9.17) is 11.1 Å². The topological polar surface area (TPSA) is 122 Å². The highest BCUT2D eigenvalue weighted by Gasteiger charge is 2.51. The zero-order valence-corrected chi connectivity index (χ0v) is 26.5. The number of amides is 2. The van der Waals surface area contributed by atoms with Crippen LogP contribution in [0.5, 0.6) is 0 Å². The molecule has 4 heterocycles. The molecule has 0 unspecified atom stereocenters. The van der Waals surface area contributed by atoms with Crippen molar-refractivity contribution in [2.24, 2.45) is 21.1 Å². The smallest absolute Gasteiger partial charge is 0.237 e. The second-order valence-electron chi connectivity index (χ2n) is 12.8. The summed E-state index contributed by atoms with van der Waals surface area (Å²) in [6.07, 6.45) is 8.19. The number of likely N-dealkylation sites (tertiary alicyclic amines) is 2. The van der Waals surface area contributed by atoms with Gasteiger partial charge in [-0.2, -0.15) is 0 Å². The van der Waals surface area contributed by atoms with Crippen LogP contribution in [-0.2, 0) is 9.59 Å². The minimum atomic E-state index is -0.438. The molecule has 4 aliphatic heterocycles. The Morgan fingerprint density at radius 3 is 2.49 bits per heavy atom. The molecule has 3 fully saturated rings. The predicted octanol–water partition coefficient (Wildman–Crippen LogP) is 3.52. The van der Waals surface area contributed by atoms with Crippen molar-refractivity contribution in [1.29, 1.82) is 5.41 Å². The molecule has 10 nitrogen and oxygen atoms in total. The predicted molar refractivity (Wildman–Crippen MR) is 180 cm³/mol. The quantitative estimate of drug-likeness (QED) is 0.368. The number of benzene rings is 2. The van der Waals surface area contributed by atoms with Gasteiger partial charge in [0, 0.05) is 63.1 Å². The Morgan fingerprint density at radius 1 is 1.02 bits per heavy atom. The third kappa shape index (κ3) is 6.29. The number of anilines is 1. The minimum Gasteiger partial charge on any atom is -0.383 e. The lowest BCUT2D eigenvalue weighted by atomic mass is 9.85. The van der Waals surface area contributed by atoms with Gasteiger partial charge in [0.1, 0.15) is 18.0 Å². The van der Waals surface area contributed by atoms with Gasteiger partial charge in [0.25, 0.3) is 0 Å². The van der Waals surface area contributed by atoms with E-state index in [-0.39, 0.29) is 11.8 Å². The fourth-order valence-electron chi connectivity index (χ4n) is 7.18. The van der Waals surface area contributed by atoms with Crippen molar-refractivity contribution < 1.29 is 9.59 Å². The van der Waals surface area contributed by atoms with Crippen LogP contribution in [-0.4, -0.2) is 104 Å². The number of carbonyl (C=O) groups excluding carboxylic acids is 2. The zero-order valence-electron chi connectivity index (χ0n) is 26.5. The standard InChI is InChI=1S/C35H44N8O2/c1-25-5-10-29(21-30(25)33(37)42-15-3-4-16-42)43-20-14-35(34(43)45)13-19-40(23-35)22-31(44)41-17-11-27(12-18-41)26-6-8-28(9-7-26)32(36)39-24-38-2/h5-11,21,24,37H,3-4,12-20,22-23H2,1-2H3,(H2,36,38,39)/t35-/m0/s1. The Labute approximate surface area is 265 Å². The lowest BCUT2D eigenvalue weighted by Gasteiger charge is -2.29. The van der Waals surface area contributed by atoms with Crippen LogP contribution in [0.15, 0.2) is 58.5 Å². The fourth-order valence-corrected chi connectivity index (χ4v) is 7.18. The van der Waals surface area contributed by atoms with Crippen molar-refractivity contribution in [3.05, 3.63) is 70.8 Å². The summed E-state index contributed by atoms with van der Waals surface area (Å²) in [7, 11) is 1.65. The number of nitrogens with one attached hydrogen (secondary N) is 1. The molecular weight excluding hydrogens is 564 g/mol. The van der Waals surface area contributed by atoms with Crippen LogP contribution in [0.1, 0.15) is 54.4 Å². The molecule has 0 aliphatic carbocycles. The monoisotopic (exact) mass is 608 g/mol.